The van der Waals surface area contributed by atoms with Crippen LogP contribution in [0.3, 0.4) is 0 Å². The Morgan fingerprint density at radius 1 is 1.21 bits per heavy atom. The molecule has 0 saturated carbocycles. The second-order valence-electron chi connectivity index (χ2n) is 3.94. The second-order valence-corrected chi connectivity index (χ2v) is 5.80. The van der Waals surface area contributed by atoms with Gasteiger partial charge in [-0.05, 0) is 57.5 Å². The summed E-state index contributed by atoms with van der Waals surface area (Å²) in [5.41, 5.74) is 1.70. The molecule has 0 saturated heterocycles. The zero-order chi connectivity index (χ0) is 13.2. The summed E-state index contributed by atoms with van der Waals surface area (Å²) in [5.74, 6) is 0. The van der Waals surface area contributed by atoms with Crippen LogP contribution in [0.4, 0.5) is 0 Å². The average Bonchev–Trinajstić information content (AvgIpc) is 2.84. The fraction of sp³-hybridized carbons (Fsp3) is 0.0769. The third kappa shape index (κ3) is 2.51. The zero-order valence-corrected chi connectivity index (χ0v) is 12.2. The van der Waals surface area contributed by atoms with E-state index in [0.29, 0.717) is 0 Å². The molecule has 0 atom stereocenters. The molecule has 0 unspecified atom stereocenters. The van der Waals surface area contributed by atoms with Gasteiger partial charge in [0.2, 0.25) is 0 Å². The SMILES string of the molecule is OCc1ccc(Sc2nnc3ccccn23)c(Br)c1. The molecule has 3 aromatic rings. The highest BCUT2D eigenvalue weighted by Gasteiger charge is 2.09. The largest absolute Gasteiger partial charge is 0.392 e. The van der Waals surface area contributed by atoms with Gasteiger partial charge in [-0.1, -0.05) is 12.1 Å². The summed E-state index contributed by atoms with van der Waals surface area (Å²) in [7, 11) is 0. The molecule has 96 valence electrons. The quantitative estimate of drug-likeness (QED) is 0.798. The molecule has 1 N–H and O–H groups in total. The summed E-state index contributed by atoms with van der Waals surface area (Å²) >= 11 is 5.04. The van der Waals surface area contributed by atoms with Crippen LogP contribution in [0.15, 0.2) is 57.1 Å². The second kappa shape index (κ2) is 5.32. The first-order valence-corrected chi connectivity index (χ1v) is 7.26. The van der Waals surface area contributed by atoms with Gasteiger partial charge in [-0.2, -0.15) is 0 Å². The molecule has 3 rings (SSSR count). The highest BCUT2D eigenvalue weighted by molar-refractivity contribution is 9.10. The Morgan fingerprint density at radius 3 is 2.89 bits per heavy atom. The van der Waals surface area contributed by atoms with Gasteiger partial charge in [-0.15, -0.1) is 10.2 Å². The van der Waals surface area contributed by atoms with Crippen LogP contribution in [-0.2, 0) is 6.61 Å². The van der Waals surface area contributed by atoms with Gasteiger partial charge in [-0.25, -0.2) is 0 Å². The van der Waals surface area contributed by atoms with Crippen molar-refractivity contribution in [1.29, 1.82) is 0 Å². The highest BCUT2D eigenvalue weighted by Crippen LogP contribution is 2.33. The van der Waals surface area contributed by atoms with Gasteiger partial charge in [0.25, 0.3) is 0 Å². The molecule has 0 bridgehead atoms. The monoisotopic (exact) mass is 335 g/mol. The molecule has 0 fully saturated rings. The van der Waals surface area contributed by atoms with Crippen molar-refractivity contribution in [3.63, 3.8) is 0 Å². The Morgan fingerprint density at radius 2 is 2.11 bits per heavy atom. The lowest BCUT2D eigenvalue weighted by Crippen LogP contribution is -1.88. The van der Waals surface area contributed by atoms with E-state index >= 15 is 0 Å². The van der Waals surface area contributed by atoms with Crippen molar-refractivity contribution in [1.82, 2.24) is 14.6 Å². The number of hydrogen-bond donors (Lipinski definition) is 1. The van der Waals surface area contributed by atoms with Gasteiger partial charge in [0.1, 0.15) is 0 Å². The number of halogens is 1. The standard InChI is InChI=1S/C13H10BrN3OS/c14-10-7-9(8-18)4-5-11(10)19-13-16-15-12-3-1-2-6-17(12)13/h1-7,18H,8H2. The van der Waals surface area contributed by atoms with Crippen molar-refractivity contribution in [2.24, 2.45) is 0 Å². The Balaban J connectivity index is 1.97. The Bertz CT molecular complexity index is 729. The molecule has 0 amide bonds. The van der Waals surface area contributed by atoms with Crippen molar-refractivity contribution in [3.05, 3.63) is 52.6 Å². The first-order chi connectivity index (χ1) is 9.28. The molecular formula is C13H10BrN3OS. The van der Waals surface area contributed by atoms with Crippen LogP contribution in [0.2, 0.25) is 0 Å². The van der Waals surface area contributed by atoms with Gasteiger partial charge in [0.15, 0.2) is 10.8 Å². The number of hydrogen-bond acceptors (Lipinski definition) is 4. The van der Waals surface area contributed by atoms with E-state index in [2.05, 4.69) is 26.1 Å². The van der Waals surface area contributed by atoms with E-state index in [9.17, 15) is 0 Å². The lowest BCUT2D eigenvalue weighted by Gasteiger charge is -2.04. The van der Waals surface area contributed by atoms with E-state index in [1.165, 1.54) is 11.8 Å². The van der Waals surface area contributed by atoms with Crippen LogP contribution < -0.4 is 0 Å². The van der Waals surface area contributed by atoms with Crippen LogP contribution in [0, 0.1) is 0 Å². The van der Waals surface area contributed by atoms with Crippen molar-refractivity contribution in [2.45, 2.75) is 16.7 Å². The maximum Gasteiger partial charge on any atom is 0.200 e. The van der Waals surface area contributed by atoms with Crippen LogP contribution in [0.1, 0.15) is 5.56 Å². The first-order valence-electron chi connectivity index (χ1n) is 5.65. The molecule has 0 aliphatic rings. The summed E-state index contributed by atoms with van der Waals surface area (Å²) in [6.07, 6.45) is 1.94. The molecule has 0 radical (unpaired) electrons. The molecule has 4 nitrogen and oxygen atoms in total. The summed E-state index contributed by atoms with van der Waals surface area (Å²) in [5, 5.41) is 18.2. The average molecular weight is 336 g/mol. The molecule has 1 aromatic carbocycles. The first kappa shape index (κ1) is 12.7. The van der Waals surface area contributed by atoms with E-state index in [0.717, 1.165) is 25.7 Å². The summed E-state index contributed by atoms with van der Waals surface area (Å²) in [4.78, 5) is 1.04. The molecule has 0 aliphatic heterocycles. The predicted octanol–water partition coefficient (Wildman–Crippen LogP) is 3.14. The van der Waals surface area contributed by atoms with Crippen molar-refractivity contribution < 1.29 is 5.11 Å². The highest BCUT2D eigenvalue weighted by atomic mass is 79.9. The topological polar surface area (TPSA) is 50.4 Å². The van der Waals surface area contributed by atoms with Crippen LogP contribution >= 0.6 is 27.7 Å². The smallest absolute Gasteiger partial charge is 0.200 e. The molecule has 0 spiro atoms. The van der Waals surface area contributed by atoms with Crippen LogP contribution in [0.5, 0.6) is 0 Å². The minimum absolute atomic E-state index is 0.0391. The fourth-order valence-electron chi connectivity index (χ4n) is 1.71. The number of pyridine rings is 1. The van der Waals surface area contributed by atoms with Gasteiger partial charge < -0.3 is 5.11 Å². The minimum Gasteiger partial charge on any atom is -0.392 e. The molecular weight excluding hydrogens is 326 g/mol. The fourth-order valence-corrected chi connectivity index (χ4v) is 3.21. The Kier molecular flexibility index (Phi) is 3.54. The number of nitrogens with zero attached hydrogens (tertiary/aromatic N) is 3. The summed E-state index contributed by atoms with van der Waals surface area (Å²) < 4.78 is 2.88. The van der Waals surface area contributed by atoms with Crippen LogP contribution in [0.25, 0.3) is 5.65 Å². The van der Waals surface area contributed by atoms with Crippen molar-refractivity contribution in [2.75, 3.05) is 0 Å². The number of benzene rings is 1. The van der Waals surface area contributed by atoms with E-state index in [4.69, 9.17) is 5.11 Å². The van der Waals surface area contributed by atoms with Gasteiger partial charge >= 0.3 is 0 Å². The third-order valence-corrected chi connectivity index (χ3v) is 4.62. The Labute approximate surface area is 122 Å². The Hall–Kier alpha value is -1.37. The van der Waals surface area contributed by atoms with E-state index in [1.54, 1.807) is 0 Å². The maximum atomic E-state index is 9.10. The van der Waals surface area contributed by atoms with Gasteiger partial charge in [-0.3, -0.25) is 4.40 Å². The molecule has 0 aliphatic carbocycles. The van der Waals surface area contributed by atoms with E-state index in [1.807, 2.05) is 47.0 Å². The van der Waals surface area contributed by atoms with Gasteiger partial charge in [0, 0.05) is 15.6 Å². The summed E-state index contributed by atoms with van der Waals surface area (Å²) in [6, 6.07) is 11.6. The van der Waals surface area contributed by atoms with E-state index in [-0.39, 0.29) is 6.61 Å². The number of fused-ring (bicyclic) bond motifs is 1. The number of aliphatic hydroxyl groups is 1. The summed E-state index contributed by atoms with van der Waals surface area (Å²) in [6.45, 7) is 0.0391. The van der Waals surface area contributed by atoms with Crippen molar-refractivity contribution in [3.8, 4) is 0 Å². The van der Waals surface area contributed by atoms with Crippen molar-refractivity contribution >= 4 is 33.3 Å². The number of aliphatic hydroxyl groups excluding tert-OH is 1. The molecule has 2 aromatic heterocycles. The van der Waals surface area contributed by atoms with E-state index < -0.39 is 0 Å². The normalized spacial score (nSPS) is 11.1. The van der Waals surface area contributed by atoms with Gasteiger partial charge in [0.05, 0.1) is 6.61 Å². The zero-order valence-electron chi connectivity index (χ0n) is 9.82. The minimum atomic E-state index is 0.0391. The molecule has 6 heteroatoms. The lowest BCUT2D eigenvalue weighted by molar-refractivity contribution is 0.281. The van der Waals surface area contributed by atoms with Crippen LogP contribution in [-0.4, -0.2) is 19.7 Å². The molecule has 19 heavy (non-hydrogen) atoms. The third-order valence-electron chi connectivity index (χ3n) is 2.66. The lowest BCUT2D eigenvalue weighted by atomic mass is 10.2. The molecule has 2 heterocycles. The number of rotatable bonds is 3. The number of aromatic nitrogens is 3. The maximum absolute atomic E-state index is 9.10. The predicted molar refractivity (Wildman–Crippen MR) is 77.2 cm³/mol.